The minimum Gasteiger partial charge on any atom is -0.396 e. The summed E-state index contributed by atoms with van der Waals surface area (Å²) in [6.45, 7) is 1.92. The third-order valence-corrected chi connectivity index (χ3v) is 2.42. The summed E-state index contributed by atoms with van der Waals surface area (Å²) in [5.41, 5.74) is -0.329. The molecule has 1 unspecified atom stereocenters. The van der Waals surface area contributed by atoms with Crippen LogP contribution in [0.5, 0.6) is 0 Å². The van der Waals surface area contributed by atoms with Gasteiger partial charge in [-0.15, -0.1) is 0 Å². The Morgan fingerprint density at radius 3 is 2.94 bits per heavy atom. The Labute approximate surface area is 103 Å². The van der Waals surface area contributed by atoms with Crippen LogP contribution in [0.4, 0.5) is 11.5 Å². The normalized spacial score (nSPS) is 12.2. The van der Waals surface area contributed by atoms with Gasteiger partial charge in [-0.05, 0) is 19.8 Å². The second-order valence-electron chi connectivity index (χ2n) is 3.53. The zero-order chi connectivity index (χ0) is 12.8. The van der Waals surface area contributed by atoms with E-state index >= 15 is 0 Å². The summed E-state index contributed by atoms with van der Waals surface area (Å²) in [6, 6.07) is -0.0492. The first kappa shape index (κ1) is 13.6. The fraction of sp³-hybridized carbons (Fsp3) is 0.556. The average Bonchev–Trinajstić information content (AvgIpc) is 2.25. The molecule has 1 heterocycles. The van der Waals surface area contributed by atoms with E-state index in [2.05, 4.69) is 15.3 Å². The van der Waals surface area contributed by atoms with Crippen molar-refractivity contribution in [2.75, 3.05) is 11.9 Å². The van der Waals surface area contributed by atoms with Crippen molar-refractivity contribution in [3.05, 3.63) is 21.6 Å². The van der Waals surface area contributed by atoms with E-state index in [1.165, 1.54) is 0 Å². The van der Waals surface area contributed by atoms with Crippen molar-refractivity contribution in [3.8, 4) is 0 Å². The van der Waals surface area contributed by atoms with Gasteiger partial charge in [-0.3, -0.25) is 10.1 Å². The molecule has 1 aromatic rings. The number of nitro groups is 1. The van der Waals surface area contributed by atoms with Gasteiger partial charge in [-0.25, -0.2) is 9.97 Å². The Balaban J connectivity index is 2.83. The van der Waals surface area contributed by atoms with Crippen molar-refractivity contribution in [1.29, 1.82) is 0 Å². The number of hydrogen-bond donors (Lipinski definition) is 2. The number of aliphatic hydroxyl groups excluding tert-OH is 1. The minimum atomic E-state index is -0.622. The average molecular weight is 261 g/mol. The maximum absolute atomic E-state index is 10.8. The van der Waals surface area contributed by atoms with Gasteiger partial charge in [0.05, 0.1) is 4.92 Å². The molecule has 94 valence electrons. The fourth-order valence-corrected chi connectivity index (χ4v) is 1.53. The molecule has 0 aliphatic carbocycles. The highest BCUT2D eigenvalue weighted by atomic mass is 35.5. The minimum absolute atomic E-state index is 0.0492. The lowest BCUT2D eigenvalue weighted by molar-refractivity contribution is -0.384. The van der Waals surface area contributed by atoms with Gasteiger partial charge in [0, 0.05) is 12.6 Å². The van der Waals surface area contributed by atoms with E-state index in [1.54, 1.807) is 0 Å². The topological polar surface area (TPSA) is 101 Å². The van der Waals surface area contributed by atoms with Crippen LogP contribution in [0.3, 0.4) is 0 Å². The van der Waals surface area contributed by atoms with Crippen LogP contribution in [0, 0.1) is 10.1 Å². The summed E-state index contributed by atoms with van der Waals surface area (Å²) in [7, 11) is 0. The lowest BCUT2D eigenvalue weighted by Crippen LogP contribution is -2.17. The van der Waals surface area contributed by atoms with Crippen LogP contribution in [-0.2, 0) is 0 Å². The summed E-state index contributed by atoms with van der Waals surface area (Å²) in [4.78, 5) is 17.5. The summed E-state index contributed by atoms with van der Waals surface area (Å²) < 4.78 is 0. The SMILES string of the molecule is CC(CCCO)Nc1ncnc(Cl)c1[N+](=O)[O-]. The number of hydrogen-bond acceptors (Lipinski definition) is 6. The van der Waals surface area contributed by atoms with Crippen molar-refractivity contribution in [3.63, 3.8) is 0 Å². The molecule has 0 aromatic carbocycles. The number of anilines is 1. The Morgan fingerprint density at radius 2 is 2.35 bits per heavy atom. The summed E-state index contributed by atoms with van der Waals surface area (Å²) in [5.74, 6) is 0.0976. The molecule has 0 saturated heterocycles. The van der Waals surface area contributed by atoms with Crippen molar-refractivity contribution >= 4 is 23.1 Å². The number of aliphatic hydroxyl groups is 1. The molecule has 1 atom stereocenters. The standard InChI is InChI=1S/C9H13ClN4O3/c1-6(3-2-4-15)13-9-7(14(16)17)8(10)11-5-12-9/h5-6,15H,2-4H2,1H3,(H,11,12,13). The molecule has 0 spiro atoms. The van der Waals surface area contributed by atoms with E-state index in [0.29, 0.717) is 12.8 Å². The predicted octanol–water partition coefficient (Wildman–Crippen LogP) is 1.61. The highest BCUT2D eigenvalue weighted by Crippen LogP contribution is 2.28. The molecule has 0 aliphatic rings. The maximum Gasteiger partial charge on any atom is 0.348 e. The second kappa shape index (κ2) is 6.31. The molecular weight excluding hydrogens is 248 g/mol. The third-order valence-electron chi connectivity index (χ3n) is 2.14. The van der Waals surface area contributed by atoms with Crippen LogP contribution in [-0.4, -0.2) is 32.6 Å². The molecule has 0 saturated carbocycles. The quantitative estimate of drug-likeness (QED) is 0.458. The van der Waals surface area contributed by atoms with Crippen molar-refractivity contribution < 1.29 is 10.0 Å². The van der Waals surface area contributed by atoms with Gasteiger partial charge in [0.15, 0.2) is 0 Å². The Kier molecular flexibility index (Phi) is 5.05. The van der Waals surface area contributed by atoms with Gasteiger partial charge in [0.1, 0.15) is 6.33 Å². The lowest BCUT2D eigenvalue weighted by Gasteiger charge is -2.13. The fourth-order valence-electron chi connectivity index (χ4n) is 1.33. The van der Waals surface area contributed by atoms with Crippen molar-refractivity contribution in [2.24, 2.45) is 0 Å². The molecule has 8 heteroatoms. The zero-order valence-corrected chi connectivity index (χ0v) is 10.0. The first-order valence-corrected chi connectivity index (χ1v) is 5.46. The number of nitrogens with zero attached hydrogens (tertiary/aromatic N) is 3. The number of halogens is 1. The van der Waals surface area contributed by atoms with Crippen LogP contribution < -0.4 is 5.32 Å². The molecule has 1 rings (SSSR count). The van der Waals surface area contributed by atoms with Gasteiger partial charge in [0.2, 0.25) is 11.0 Å². The van der Waals surface area contributed by atoms with Crippen LogP contribution in [0.15, 0.2) is 6.33 Å². The molecule has 0 bridgehead atoms. The van der Waals surface area contributed by atoms with E-state index < -0.39 is 4.92 Å². The van der Waals surface area contributed by atoms with Crippen molar-refractivity contribution in [2.45, 2.75) is 25.8 Å². The van der Waals surface area contributed by atoms with Gasteiger partial charge in [-0.1, -0.05) is 11.6 Å². The summed E-state index contributed by atoms with van der Waals surface area (Å²) in [6.07, 6.45) is 2.45. The van der Waals surface area contributed by atoms with Gasteiger partial charge in [0.25, 0.3) is 0 Å². The predicted molar refractivity (Wildman–Crippen MR) is 63.1 cm³/mol. The monoisotopic (exact) mass is 260 g/mol. The smallest absolute Gasteiger partial charge is 0.348 e. The molecule has 7 nitrogen and oxygen atoms in total. The first-order chi connectivity index (χ1) is 8.06. The highest BCUT2D eigenvalue weighted by molar-refractivity contribution is 6.31. The summed E-state index contributed by atoms with van der Waals surface area (Å²) in [5, 5.41) is 22.2. The maximum atomic E-state index is 10.8. The highest BCUT2D eigenvalue weighted by Gasteiger charge is 2.22. The zero-order valence-electron chi connectivity index (χ0n) is 9.26. The molecular formula is C9H13ClN4O3. The van der Waals surface area contributed by atoms with Crippen LogP contribution in [0.1, 0.15) is 19.8 Å². The van der Waals surface area contributed by atoms with E-state index in [4.69, 9.17) is 16.7 Å². The van der Waals surface area contributed by atoms with Gasteiger partial charge in [-0.2, -0.15) is 0 Å². The van der Waals surface area contributed by atoms with E-state index in [0.717, 1.165) is 6.33 Å². The van der Waals surface area contributed by atoms with Crippen LogP contribution in [0.2, 0.25) is 5.15 Å². The van der Waals surface area contributed by atoms with E-state index in [9.17, 15) is 10.1 Å². The molecule has 0 amide bonds. The van der Waals surface area contributed by atoms with E-state index in [1.807, 2.05) is 6.92 Å². The number of nitrogens with one attached hydrogen (secondary N) is 1. The second-order valence-corrected chi connectivity index (χ2v) is 3.89. The Hall–Kier alpha value is -1.47. The number of rotatable bonds is 6. The largest absolute Gasteiger partial charge is 0.396 e. The number of aromatic nitrogens is 2. The van der Waals surface area contributed by atoms with Gasteiger partial charge >= 0.3 is 5.69 Å². The molecule has 0 radical (unpaired) electrons. The van der Waals surface area contributed by atoms with Gasteiger partial charge < -0.3 is 10.4 Å². The molecule has 17 heavy (non-hydrogen) atoms. The molecule has 0 fully saturated rings. The van der Waals surface area contributed by atoms with Crippen LogP contribution >= 0.6 is 11.6 Å². The molecule has 1 aromatic heterocycles. The van der Waals surface area contributed by atoms with Crippen LogP contribution in [0.25, 0.3) is 0 Å². The third kappa shape index (κ3) is 3.79. The Morgan fingerprint density at radius 1 is 1.65 bits per heavy atom. The van der Waals surface area contributed by atoms with Crippen molar-refractivity contribution in [1.82, 2.24) is 9.97 Å². The first-order valence-electron chi connectivity index (χ1n) is 5.08. The lowest BCUT2D eigenvalue weighted by atomic mass is 10.2. The summed E-state index contributed by atoms with van der Waals surface area (Å²) >= 11 is 5.64. The van der Waals surface area contributed by atoms with E-state index in [-0.39, 0.29) is 29.3 Å². The molecule has 2 N–H and O–H groups in total. The molecule has 0 aliphatic heterocycles. The Bertz CT molecular complexity index is 402.